The third-order valence-electron chi connectivity index (χ3n) is 6.11. The van der Waals surface area contributed by atoms with E-state index in [1.165, 1.54) is 0 Å². The van der Waals surface area contributed by atoms with Crippen molar-refractivity contribution in [1.82, 2.24) is 5.32 Å². The number of carboxylic acids is 1. The van der Waals surface area contributed by atoms with E-state index in [0.29, 0.717) is 12.2 Å². The molecule has 1 amide bonds. The third-order valence-corrected chi connectivity index (χ3v) is 7.77. The largest absolute Gasteiger partial charge is 0.478 e. The number of hydrogen-bond donors (Lipinski definition) is 3. The number of aliphatic hydroxyl groups is 1. The molecule has 0 radical (unpaired) electrons. The molecule has 0 bridgehead atoms. The minimum absolute atomic E-state index is 0.0358. The molecular formula is C28H26Cl3NO6S. The van der Waals surface area contributed by atoms with Crippen LogP contribution in [0.15, 0.2) is 77.7 Å². The molecule has 3 atom stereocenters. The number of carbonyl (C=O) groups is 2. The van der Waals surface area contributed by atoms with E-state index in [0.717, 1.165) is 27.1 Å². The van der Waals surface area contributed by atoms with Crippen molar-refractivity contribution < 1.29 is 29.3 Å². The van der Waals surface area contributed by atoms with Gasteiger partial charge in [0, 0.05) is 29.2 Å². The summed E-state index contributed by atoms with van der Waals surface area (Å²) in [6.07, 6.45) is -0.402. The number of halogens is 3. The number of aliphatic hydroxyl groups excluding tert-OH is 1. The normalized spacial score (nSPS) is 19.4. The van der Waals surface area contributed by atoms with Gasteiger partial charge in [0.25, 0.3) is 9.70 Å². The molecule has 4 rings (SSSR count). The van der Waals surface area contributed by atoms with Gasteiger partial charge in [-0.1, -0.05) is 83.3 Å². The summed E-state index contributed by atoms with van der Waals surface area (Å²) in [5.41, 5.74) is 3.65. The minimum atomic E-state index is -2.03. The zero-order valence-corrected chi connectivity index (χ0v) is 23.6. The highest BCUT2D eigenvalue weighted by molar-refractivity contribution is 7.99. The maximum Gasteiger partial charge on any atom is 0.335 e. The number of rotatable bonds is 9. The Morgan fingerprint density at radius 2 is 1.51 bits per heavy atom. The van der Waals surface area contributed by atoms with Gasteiger partial charge in [-0.05, 0) is 41.0 Å². The molecule has 3 unspecified atom stereocenters. The lowest BCUT2D eigenvalue weighted by Crippen LogP contribution is -2.34. The summed E-state index contributed by atoms with van der Waals surface area (Å²) < 4.78 is 10.7. The number of thioether (sulfide) groups is 1. The molecular weight excluding hydrogens is 585 g/mol. The highest BCUT2D eigenvalue weighted by Crippen LogP contribution is 2.39. The van der Waals surface area contributed by atoms with Crippen LogP contribution in [0.5, 0.6) is 0 Å². The van der Waals surface area contributed by atoms with Crippen molar-refractivity contribution in [2.75, 3.05) is 5.75 Å². The van der Waals surface area contributed by atoms with Crippen molar-refractivity contribution in [2.24, 2.45) is 0 Å². The average molecular weight is 611 g/mol. The molecule has 3 aromatic rings. The molecule has 3 aromatic carbocycles. The molecule has 0 saturated carbocycles. The van der Waals surface area contributed by atoms with Crippen LogP contribution in [0.1, 0.15) is 51.4 Å². The molecule has 0 spiro atoms. The van der Waals surface area contributed by atoms with Gasteiger partial charge in [-0.3, -0.25) is 4.79 Å². The van der Waals surface area contributed by atoms with Gasteiger partial charge in [0.15, 0.2) is 6.29 Å². The first-order chi connectivity index (χ1) is 18.6. The molecule has 39 heavy (non-hydrogen) atoms. The SMILES string of the molecule is O=C(O)c1ccc(SCC2CC(c3ccc(CO)cc3)OC(c3ccc(CNC(=O)C(Cl)(Cl)Cl)cc3)O2)cc1. The van der Waals surface area contributed by atoms with Gasteiger partial charge in [-0.15, -0.1) is 11.8 Å². The quantitative estimate of drug-likeness (QED) is 0.196. The van der Waals surface area contributed by atoms with Gasteiger partial charge in [0.2, 0.25) is 0 Å². The highest BCUT2D eigenvalue weighted by Gasteiger charge is 2.33. The predicted molar refractivity (Wildman–Crippen MR) is 151 cm³/mol. The first kappa shape index (κ1) is 29.7. The van der Waals surface area contributed by atoms with Gasteiger partial charge >= 0.3 is 5.97 Å². The highest BCUT2D eigenvalue weighted by atomic mass is 35.6. The van der Waals surface area contributed by atoms with Crippen LogP contribution in [0.25, 0.3) is 0 Å². The van der Waals surface area contributed by atoms with Crippen molar-refractivity contribution in [3.63, 3.8) is 0 Å². The van der Waals surface area contributed by atoms with Gasteiger partial charge in [0.1, 0.15) is 0 Å². The summed E-state index contributed by atoms with van der Waals surface area (Å²) in [6.45, 7) is 0.158. The molecule has 3 N–H and O–H groups in total. The smallest absolute Gasteiger partial charge is 0.335 e. The standard InChI is InChI=1S/C28H26Cl3NO6S/c29-28(30,31)27(36)32-14-17-1-7-21(8-2-17)26-37-22(16-39-23-11-9-20(10-12-23)25(34)35)13-24(38-26)19-5-3-18(15-33)4-6-19/h1-12,22,24,26,33H,13-16H2,(H,32,36)(H,34,35). The number of nitrogens with one attached hydrogen (secondary N) is 1. The van der Waals surface area contributed by atoms with Crippen molar-refractivity contribution in [3.8, 4) is 0 Å². The number of hydrogen-bond acceptors (Lipinski definition) is 6. The second kappa shape index (κ2) is 13.4. The second-order valence-corrected chi connectivity index (χ2v) is 12.3. The maximum absolute atomic E-state index is 11.8. The molecule has 11 heteroatoms. The number of amides is 1. The number of benzene rings is 3. The van der Waals surface area contributed by atoms with Crippen LogP contribution in [0.3, 0.4) is 0 Å². The molecule has 1 heterocycles. The first-order valence-electron chi connectivity index (χ1n) is 12.0. The van der Waals surface area contributed by atoms with Gasteiger partial charge in [0.05, 0.1) is 24.4 Å². The summed E-state index contributed by atoms with van der Waals surface area (Å²) in [5, 5.41) is 21.1. The molecule has 0 aliphatic carbocycles. The minimum Gasteiger partial charge on any atom is -0.478 e. The van der Waals surface area contributed by atoms with Crippen LogP contribution < -0.4 is 5.32 Å². The van der Waals surface area contributed by atoms with Crippen LogP contribution in [0.4, 0.5) is 0 Å². The van der Waals surface area contributed by atoms with E-state index in [1.54, 1.807) is 36.0 Å². The first-order valence-corrected chi connectivity index (χ1v) is 14.1. The summed E-state index contributed by atoms with van der Waals surface area (Å²) >= 11 is 18.4. The van der Waals surface area contributed by atoms with Crippen molar-refractivity contribution in [3.05, 3.63) is 101 Å². The summed E-state index contributed by atoms with van der Waals surface area (Å²) in [6, 6.07) is 21.8. The fourth-order valence-corrected chi connectivity index (χ4v) is 5.10. The Balaban J connectivity index is 1.47. The molecule has 1 aliphatic rings. The van der Waals surface area contributed by atoms with Crippen molar-refractivity contribution in [1.29, 1.82) is 0 Å². The molecule has 1 saturated heterocycles. The fraction of sp³-hybridized carbons (Fsp3) is 0.286. The van der Waals surface area contributed by atoms with Crippen molar-refractivity contribution >= 4 is 58.4 Å². The Labute approximate surface area is 245 Å². The summed E-state index contributed by atoms with van der Waals surface area (Å²) in [5.74, 6) is -1.03. The van der Waals surface area contributed by atoms with Crippen LogP contribution in [-0.4, -0.2) is 37.7 Å². The number of carbonyl (C=O) groups excluding carboxylic acids is 1. The van der Waals surface area contributed by atoms with E-state index in [9.17, 15) is 14.7 Å². The molecule has 7 nitrogen and oxygen atoms in total. The van der Waals surface area contributed by atoms with Crippen LogP contribution in [0, 0.1) is 0 Å². The lowest BCUT2D eigenvalue weighted by atomic mass is 10.0. The Morgan fingerprint density at radius 3 is 2.10 bits per heavy atom. The maximum atomic E-state index is 11.8. The molecule has 1 aliphatic heterocycles. The lowest BCUT2D eigenvalue weighted by molar-refractivity contribution is -0.245. The lowest BCUT2D eigenvalue weighted by Gasteiger charge is -2.36. The zero-order valence-electron chi connectivity index (χ0n) is 20.6. The van der Waals surface area contributed by atoms with E-state index in [2.05, 4.69) is 5.32 Å². The summed E-state index contributed by atoms with van der Waals surface area (Å²) in [4.78, 5) is 23.9. The number of alkyl halides is 3. The van der Waals surface area contributed by atoms with Gasteiger partial charge < -0.3 is 25.0 Å². The van der Waals surface area contributed by atoms with Crippen LogP contribution in [0.2, 0.25) is 0 Å². The Kier molecular flexibility index (Phi) is 10.2. The Bertz CT molecular complexity index is 1270. The topological polar surface area (TPSA) is 105 Å². The summed E-state index contributed by atoms with van der Waals surface area (Å²) in [7, 11) is 0. The predicted octanol–water partition coefficient (Wildman–Crippen LogP) is 6.20. The molecule has 1 fully saturated rings. The second-order valence-electron chi connectivity index (χ2n) is 8.91. The fourth-order valence-electron chi connectivity index (χ4n) is 3.98. The van der Waals surface area contributed by atoms with Crippen molar-refractivity contribution in [2.45, 2.75) is 46.8 Å². The number of aromatic carboxylic acids is 1. The van der Waals surface area contributed by atoms with E-state index in [1.807, 2.05) is 48.5 Å². The monoisotopic (exact) mass is 609 g/mol. The number of ether oxygens (including phenoxy) is 2. The van der Waals surface area contributed by atoms with Crippen LogP contribution in [-0.2, 0) is 27.4 Å². The van der Waals surface area contributed by atoms with Gasteiger partial charge in [-0.25, -0.2) is 4.79 Å². The van der Waals surface area contributed by atoms with E-state index < -0.39 is 22.0 Å². The Hall–Kier alpha value is -2.30. The zero-order chi connectivity index (χ0) is 28.0. The van der Waals surface area contributed by atoms with Gasteiger partial charge in [-0.2, -0.15) is 0 Å². The third kappa shape index (κ3) is 8.35. The van der Waals surface area contributed by atoms with E-state index in [4.69, 9.17) is 49.4 Å². The Morgan fingerprint density at radius 1 is 0.897 bits per heavy atom. The number of carboxylic acid groups (broad SMARTS) is 1. The van der Waals surface area contributed by atoms with E-state index in [-0.39, 0.29) is 30.9 Å². The molecule has 206 valence electrons. The van der Waals surface area contributed by atoms with Crippen LogP contribution >= 0.6 is 46.6 Å². The average Bonchev–Trinajstić information content (AvgIpc) is 2.94. The molecule has 0 aromatic heterocycles. The van der Waals surface area contributed by atoms with E-state index >= 15 is 0 Å².